The maximum atomic E-state index is 12.2. The second-order valence-corrected chi connectivity index (χ2v) is 4.19. The standard InChI is InChI=1S/C16H14N2O2/c1-12-6-7-13(4-3-9-19)10-15(12)16(20)18-14-5-2-8-17-11-14/h2,5-8,10-11,19H,9H2,1H3,(H,18,20). The fraction of sp³-hybridized carbons (Fsp3) is 0.125. The summed E-state index contributed by atoms with van der Waals surface area (Å²) in [5, 5.41) is 11.5. The van der Waals surface area contributed by atoms with E-state index >= 15 is 0 Å². The van der Waals surface area contributed by atoms with E-state index in [1.54, 1.807) is 30.6 Å². The van der Waals surface area contributed by atoms with Crippen LogP contribution in [0, 0.1) is 18.8 Å². The maximum absolute atomic E-state index is 12.2. The first-order chi connectivity index (χ1) is 9.70. The Bertz CT molecular complexity index is 670. The van der Waals surface area contributed by atoms with Gasteiger partial charge in [0.05, 0.1) is 11.9 Å². The number of benzene rings is 1. The van der Waals surface area contributed by atoms with Crippen molar-refractivity contribution in [1.29, 1.82) is 0 Å². The molecule has 1 aromatic heterocycles. The third-order valence-corrected chi connectivity index (χ3v) is 2.71. The molecule has 1 aromatic carbocycles. The molecule has 1 heterocycles. The number of carbonyl (C=O) groups is 1. The number of aliphatic hydroxyl groups is 1. The lowest BCUT2D eigenvalue weighted by atomic mass is 10.0. The van der Waals surface area contributed by atoms with E-state index in [9.17, 15) is 4.79 Å². The third-order valence-electron chi connectivity index (χ3n) is 2.71. The van der Waals surface area contributed by atoms with Crippen LogP contribution in [0.3, 0.4) is 0 Å². The molecule has 4 nitrogen and oxygen atoms in total. The Morgan fingerprint density at radius 1 is 1.40 bits per heavy atom. The van der Waals surface area contributed by atoms with Gasteiger partial charge in [0.2, 0.25) is 0 Å². The van der Waals surface area contributed by atoms with E-state index in [1.807, 2.05) is 19.1 Å². The van der Waals surface area contributed by atoms with E-state index in [4.69, 9.17) is 5.11 Å². The fourth-order valence-electron chi connectivity index (χ4n) is 1.72. The van der Waals surface area contributed by atoms with E-state index in [0.717, 1.165) is 5.56 Å². The minimum atomic E-state index is -0.205. The molecule has 0 atom stereocenters. The number of aromatic nitrogens is 1. The molecule has 0 spiro atoms. The molecular formula is C16H14N2O2. The highest BCUT2D eigenvalue weighted by Gasteiger charge is 2.09. The Kier molecular flexibility index (Phi) is 4.48. The molecule has 0 bridgehead atoms. The molecule has 0 aliphatic carbocycles. The van der Waals surface area contributed by atoms with Crippen LogP contribution < -0.4 is 5.32 Å². The van der Waals surface area contributed by atoms with E-state index in [0.29, 0.717) is 16.8 Å². The van der Waals surface area contributed by atoms with Crippen LogP contribution in [0.15, 0.2) is 42.7 Å². The van der Waals surface area contributed by atoms with Crippen LogP contribution in [-0.2, 0) is 0 Å². The number of hydrogen-bond donors (Lipinski definition) is 2. The minimum Gasteiger partial charge on any atom is -0.384 e. The minimum absolute atomic E-state index is 0.203. The number of aryl methyl sites for hydroxylation is 1. The molecule has 0 radical (unpaired) electrons. The van der Waals surface area contributed by atoms with Gasteiger partial charge in [0.15, 0.2) is 0 Å². The Morgan fingerprint density at radius 3 is 2.95 bits per heavy atom. The van der Waals surface area contributed by atoms with Crippen molar-refractivity contribution < 1.29 is 9.90 Å². The number of rotatable bonds is 2. The summed E-state index contributed by atoms with van der Waals surface area (Å²) in [6.07, 6.45) is 3.23. The largest absolute Gasteiger partial charge is 0.384 e. The number of aliphatic hydroxyl groups excluding tert-OH is 1. The van der Waals surface area contributed by atoms with E-state index in [-0.39, 0.29) is 12.5 Å². The van der Waals surface area contributed by atoms with Gasteiger partial charge >= 0.3 is 0 Å². The number of anilines is 1. The zero-order valence-corrected chi connectivity index (χ0v) is 11.1. The Morgan fingerprint density at radius 2 is 2.25 bits per heavy atom. The first-order valence-corrected chi connectivity index (χ1v) is 6.12. The normalized spacial score (nSPS) is 9.50. The van der Waals surface area contributed by atoms with E-state index < -0.39 is 0 Å². The van der Waals surface area contributed by atoms with Gasteiger partial charge in [-0.3, -0.25) is 9.78 Å². The van der Waals surface area contributed by atoms with E-state index in [2.05, 4.69) is 22.1 Å². The predicted molar refractivity (Wildman–Crippen MR) is 77.3 cm³/mol. The topological polar surface area (TPSA) is 62.2 Å². The number of nitrogens with zero attached hydrogens (tertiary/aromatic N) is 1. The van der Waals surface area contributed by atoms with Crippen molar-refractivity contribution in [2.75, 3.05) is 11.9 Å². The van der Waals surface area contributed by atoms with Crippen molar-refractivity contribution in [3.8, 4) is 11.8 Å². The quantitative estimate of drug-likeness (QED) is 0.817. The van der Waals surface area contributed by atoms with Gasteiger partial charge in [-0.05, 0) is 36.8 Å². The first-order valence-electron chi connectivity index (χ1n) is 6.12. The molecule has 0 fully saturated rings. The van der Waals surface area contributed by atoms with Crippen molar-refractivity contribution in [3.63, 3.8) is 0 Å². The highest BCUT2D eigenvalue weighted by molar-refractivity contribution is 6.05. The van der Waals surface area contributed by atoms with Gasteiger partial charge in [-0.1, -0.05) is 17.9 Å². The molecular weight excluding hydrogens is 252 g/mol. The second kappa shape index (κ2) is 6.50. The number of carbonyl (C=O) groups excluding carboxylic acids is 1. The number of pyridine rings is 1. The molecule has 0 saturated carbocycles. The van der Waals surface area contributed by atoms with Gasteiger partial charge in [0, 0.05) is 17.3 Å². The van der Waals surface area contributed by atoms with Crippen LogP contribution in [0.1, 0.15) is 21.5 Å². The monoisotopic (exact) mass is 266 g/mol. The summed E-state index contributed by atoms with van der Waals surface area (Å²) >= 11 is 0. The van der Waals surface area contributed by atoms with Crippen LogP contribution in [0.2, 0.25) is 0 Å². The lowest BCUT2D eigenvalue weighted by Gasteiger charge is -2.07. The molecule has 100 valence electrons. The highest BCUT2D eigenvalue weighted by atomic mass is 16.2. The van der Waals surface area contributed by atoms with Gasteiger partial charge in [-0.25, -0.2) is 0 Å². The summed E-state index contributed by atoms with van der Waals surface area (Å²) in [5.74, 6) is 5.15. The molecule has 0 aliphatic heterocycles. The van der Waals surface area contributed by atoms with Gasteiger partial charge < -0.3 is 10.4 Å². The number of amides is 1. The van der Waals surface area contributed by atoms with Crippen LogP contribution in [-0.4, -0.2) is 22.6 Å². The smallest absolute Gasteiger partial charge is 0.256 e. The Hall–Kier alpha value is -2.64. The van der Waals surface area contributed by atoms with Crippen molar-refractivity contribution in [1.82, 2.24) is 4.98 Å². The summed E-state index contributed by atoms with van der Waals surface area (Å²) in [6.45, 7) is 1.66. The molecule has 0 unspecified atom stereocenters. The van der Waals surface area contributed by atoms with Crippen LogP contribution >= 0.6 is 0 Å². The summed E-state index contributed by atoms with van der Waals surface area (Å²) < 4.78 is 0. The number of hydrogen-bond acceptors (Lipinski definition) is 3. The third kappa shape index (κ3) is 3.44. The lowest BCUT2D eigenvalue weighted by Crippen LogP contribution is -2.13. The molecule has 2 N–H and O–H groups in total. The van der Waals surface area contributed by atoms with Crippen LogP contribution in [0.5, 0.6) is 0 Å². The van der Waals surface area contributed by atoms with Gasteiger partial charge in [0.25, 0.3) is 5.91 Å². The summed E-state index contributed by atoms with van der Waals surface area (Å²) in [6, 6.07) is 8.89. The van der Waals surface area contributed by atoms with E-state index in [1.165, 1.54) is 0 Å². The molecule has 2 rings (SSSR count). The summed E-state index contributed by atoms with van der Waals surface area (Å²) in [4.78, 5) is 16.2. The second-order valence-electron chi connectivity index (χ2n) is 4.19. The van der Waals surface area contributed by atoms with Crippen molar-refractivity contribution in [2.24, 2.45) is 0 Å². The first kappa shape index (κ1) is 13.8. The molecule has 0 aliphatic rings. The average molecular weight is 266 g/mol. The molecule has 20 heavy (non-hydrogen) atoms. The fourth-order valence-corrected chi connectivity index (χ4v) is 1.72. The Labute approximate surface area is 117 Å². The Balaban J connectivity index is 2.25. The predicted octanol–water partition coefficient (Wildman–Crippen LogP) is 1.99. The highest BCUT2D eigenvalue weighted by Crippen LogP contribution is 2.13. The maximum Gasteiger partial charge on any atom is 0.256 e. The van der Waals surface area contributed by atoms with Crippen molar-refractivity contribution in [2.45, 2.75) is 6.92 Å². The van der Waals surface area contributed by atoms with Crippen molar-refractivity contribution in [3.05, 3.63) is 59.4 Å². The zero-order valence-electron chi connectivity index (χ0n) is 11.1. The number of nitrogens with one attached hydrogen (secondary N) is 1. The van der Waals surface area contributed by atoms with Gasteiger partial charge in [0.1, 0.15) is 6.61 Å². The zero-order chi connectivity index (χ0) is 14.4. The van der Waals surface area contributed by atoms with Crippen molar-refractivity contribution >= 4 is 11.6 Å². The lowest BCUT2D eigenvalue weighted by molar-refractivity contribution is 0.102. The molecule has 1 amide bonds. The van der Waals surface area contributed by atoms with Crippen LogP contribution in [0.25, 0.3) is 0 Å². The van der Waals surface area contributed by atoms with Crippen LogP contribution in [0.4, 0.5) is 5.69 Å². The van der Waals surface area contributed by atoms with Gasteiger partial charge in [-0.2, -0.15) is 0 Å². The SMILES string of the molecule is Cc1ccc(C#CCO)cc1C(=O)Nc1cccnc1. The summed E-state index contributed by atoms with van der Waals surface area (Å²) in [5.41, 5.74) is 2.75. The molecule has 4 heteroatoms. The summed E-state index contributed by atoms with van der Waals surface area (Å²) in [7, 11) is 0. The van der Waals surface area contributed by atoms with Gasteiger partial charge in [-0.15, -0.1) is 0 Å². The average Bonchev–Trinajstić information content (AvgIpc) is 2.47. The molecule has 2 aromatic rings. The molecule has 0 saturated heterocycles.